The number of likely N-dealkylation sites (tertiary alicyclic amines) is 1. The standard InChI is InChI=1S/C17H27NO3/c1-20-15-11-14(12-18-9-5-6-10-18)16(19)17(21-15)13-7-3-2-4-8-13/h11,13,15,17H,2-10,12H2,1H3. The first-order valence-corrected chi connectivity index (χ1v) is 8.43. The van der Waals surface area contributed by atoms with Crippen molar-refractivity contribution in [3.8, 4) is 0 Å². The van der Waals surface area contributed by atoms with Gasteiger partial charge in [-0.3, -0.25) is 9.69 Å². The van der Waals surface area contributed by atoms with E-state index in [4.69, 9.17) is 9.47 Å². The van der Waals surface area contributed by atoms with Crippen LogP contribution in [-0.4, -0.2) is 49.8 Å². The average molecular weight is 293 g/mol. The first kappa shape index (κ1) is 15.2. The number of ether oxygens (including phenoxy) is 2. The molecule has 0 aromatic heterocycles. The topological polar surface area (TPSA) is 38.8 Å². The molecular formula is C17H27NO3. The highest BCUT2D eigenvalue weighted by molar-refractivity contribution is 6.00. The van der Waals surface area contributed by atoms with Crippen molar-refractivity contribution in [3.05, 3.63) is 11.6 Å². The molecule has 2 fully saturated rings. The highest BCUT2D eigenvalue weighted by Gasteiger charge is 2.37. The smallest absolute Gasteiger partial charge is 0.189 e. The number of methoxy groups -OCH3 is 1. The third-order valence-electron chi connectivity index (χ3n) is 5.10. The van der Waals surface area contributed by atoms with E-state index in [1.54, 1.807) is 7.11 Å². The second kappa shape index (κ2) is 7.03. The Hall–Kier alpha value is -0.710. The molecule has 0 radical (unpaired) electrons. The molecule has 0 N–H and O–H groups in total. The Kier molecular flexibility index (Phi) is 5.09. The highest BCUT2D eigenvalue weighted by atomic mass is 16.7. The fraction of sp³-hybridized carbons (Fsp3) is 0.824. The number of hydrogen-bond donors (Lipinski definition) is 0. The molecule has 2 unspecified atom stereocenters. The van der Waals surface area contributed by atoms with Crippen molar-refractivity contribution >= 4 is 5.78 Å². The minimum absolute atomic E-state index is 0.210. The Bertz CT molecular complexity index is 395. The zero-order chi connectivity index (χ0) is 14.7. The van der Waals surface area contributed by atoms with Gasteiger partial charge in [0.1, 0.15) is 6.10 Å². The lowest BCUT2D eigenvalue weighted by Crippen LogP contribution is -2.43. The van der Waals surface area contributed by atoms with E-state index in [0.717, 1.165) is 38.0 Å². The fourth-order valence-corrected chi connectivity index (χ4v) is 3.87. The van der Waals surface area contributed by atoms with Crippen LogP contribution in [0.2, 0.25) is 0 Å². The Morgan fingerprint density at radius 3 is 2.57 bits per heavy atom. The lowest BCUT2D eigenvalue weighted by atomic mass is 9.81. The first-order valence-electron chi connectivity index (χ1n) is 8.43. The normalized spacial score (nSPS) is 32.4. The van der Waals surface area contributed by atoms with Crippen molar-refractivity contribution in [1.29, 1.82) is 0 Å². The number of nitrogens with zero attached hydrogens (tertiary/aromatic N) is 1. The van der Waals surface area contributed by atoms with Crippen LogP contribution < -0.4 is 0 Å². The van der Waals surface area contributed by atoms with Gasteiger partial charge in [0.05, 0.1) is 0 Å². The van der Waals surface area contributed by atoms with E-state index in [2.05, 4.69) is 4.90 Å². The average Bonchev–Trinajstić information content (AvgIpc) is 3.03. The van der Waals surface area contributed by atoms with E-state index in [9.17, 15) is 4.79 Å². The molecule has 0 spiro atoms. The monoisotopic (exact) mass is 293 g/mol. The number of ketones is 1. The minimum atomic E-state index is -0.354. The lowest BCUT2D eigenvalue weighted by Gasteiger charge is -2.35. The third-order valence-corrected chi connectivity index (χ3v) is 5.10. The summed E-state index contributed by atoms with van der Waals surface area (Å²) in [5.74, 6) is 0.591. The SMILES string of the molecule is COC1C=C(CN2CCCC2)C(=O)C(C2CCCCC2)O1. The summed E-state index contributed by atoms with van der Waals surface area (Å²) in [6.07, 6.45) is 9.72. The van der Waals surface area contributed by atoms with Crippen LogP contribution in [0.1, 0.15) is 44.9 Å². The van der Waals surface area contributed by atoms with E-state index in [1.165, 1.54) is 32.1 Å². The summed E-state index contributed by atoms with van der Waals surface area (Å²) in [6.45, 7) is 2.99. The molecule has 0 aromatic rings. The molecule has 3 aliphatic rings. The van der Waals surface area contributed by atoms with Gasteiger partial charge in [0, 0.05) is 19.2 Å². The molecule has 4 heteroatoms. The summed E-state index contributed by atoms with van der Waals surface area (Å²) in [6, 6.07) is 0. The van der Waals surface area contributed by atoms with Gasteiger partial charge in [-0.15, -0.1) is 0 Å². The molecule has 0 aromatic carbocycles. The lowest BCUT2D eigenvalue weighted by molar-refractivity contribution is -0.167. The molecule has 2 atom stereocenters. The first-order chi connectivity index (χ1) is 10.3. The van der Waals surface area contributed by atoms with Gasteiger partial charge in [-0.25, -0.2) is 0 Å². The van der Waals surface area contributed by atoms with Gasteiger partial charge in [0.2, 0.25) is 0 Å². The van der Waals surface area contributed by atoms with Crippen LogP contribution >= 0.6 is 0 Å². The number of carbonyl (C=O) groups excluding carboxylic acids is 1. The summed E-state index contributed by atoms with van der Waals surface area (Å²) >= 11 is 0. The van der Waals surface area contributed by atoms with Gasteiger partial charge in [-0.1, -0.05) is 19.3 Å². The molecule has 3 rings (SSSR count). The van der Waals surface area contributed by atoms with Crippen LogP contribution in [0.4, 0.5) is 0 Å². The predicted octanol–water partition coefficient (Wildman–Crippen LogP) is 2.53. The van der Waals surface area contributed by atoms with Crippen LogP contribution in [0.15, 0.2) is 11.6 Å². The molecule has 1 saturated carbocycles. The highest BCUT2D eigenvalue weighted by Crippen LogP contribution is 2.32. The molecule has 21 heavy (non-hydrogen) atoms. The van der Waals surface area contributed by atoms with Crippen LogP contribution in [-0.2, 0) is 14.3 Å². The third kappa shape index (κ3) is 3.55. The van der Waals surface area contributed by atoms with E-state index in [0.29, 0.717) is 5.92 Å². The quantitative estimate of drug-likeness (QED) is 0.798. The van der Waals surface area contributed by atoms with Crippen molar-refractivity contribution in [2.45, 2.75) is 57.3 Å². The Morgan fingerprint density at radius 2 is 1.90 bits per heavy atom. The van der Waals surface area contributed by atoms with Gasteiger partial charge < -0.3 is 9.47 Å². The van der Waals surface area contributed by atoms with Gasteiger partial charge in [0.25, 0.3) is 0 Å². The maximum atomic E-state index is 12.8. The van der Waals surface area contributed by atoms with E-state index in [1.807, 2.05) is 6.08 Å². The summed E-state index contributed by atoms with van der Waals surface area (Å²) in [7, 11) is 1.66. The Labute approximate surface area is 127 Å². The van der Waals surface area contributed by atoms with Crippen LogP contribution in [0.3, 0.4) is 0 Å². The van der Waals surface area contributed by atoms with E-state index < -0.39 is 0 Å². The number of carbonyl (C=O) groups is 1. The summed E-state index contributed by atoms with van der Waals surface area (Å²) in [4.78, 5) is 15.2. The van der Waals surface area contributed by atoms with E-state index in [-0.39, 0.29) is 18.2 Å². The van der Waals surface area contributed by atoms with E-state index >= 15 is 0 Å². The molecule has 1 aliphatic carbocycles. The van der Waals surface area contributed by atoms with Crippen LogP contribution in [0.25, 0.3) is 0 Å². The van der Waals surface area contributed by atoms with Crippen molar-refractivity contribution in [2.24, 2.45) is 5.92 Å². The predicted molar refractivity (Wildman–Crippen MR) is 81.0 cm³/mol. The zero-order valence-corrected chi connectivity index (χ0v) is 13.1. The van der Waals surface area contributed by atoms with Crippen LogP contribution in [0, 0.1) is 5.92 Å². The molecule has 0 amide bonds. The molecule has 4 nitrogen and oxygen atoms in total. The van der Waals surface area contributed by atoms with Gasteiger partial charge in [0.15, 0.2) is 12.1 Å². The molecule has 2 heterocycles. The summed E-state index contributed by atoms with van der Waals surface area (Å²) < 4.78 is 11.3. The van der Waals surface area contributed by atoms with Crippen molar-refractivity contribution in [2.75, 3.05) is 26.7 Å². The zero-order valence-electron chi connectivity index (χ0n) is 13.1. The molecule has 2 aliphatic heterocycles. The van der Waals surface area contributed by atoms with Crippen molar-refractivity contribution in [3.63, 3.8) is 0 Å². The van der Waals surface area contributed by atoms with Crippen LogP contribution in [0.5, 0.6) is 0 Å². The van der Waals surface area contributed by atoms with Crippen molar-refractivity contribution < 1.29 is 14.3 Å². The number of hydrogen-bond acceptors (Lipinski definition) is 4. The maximum Gasteiger partial charge on any atom is 0.189 e. The number of Topliss-reactive ketones (excluding diaryl/α,β-unsaturated/α-hetero) is 1. The van der Waals surface area contributed by atoms with Crippen molar-refractivity contribution in [1.82, 2.24) is 4.90 Å². The summed E-state index contributed by atoms with van der Waals surface area (Å²) in [5.41, 5.74) is 0.908. The second-order valence-electron chi connectivity index (χ2n) is 6.60. The minimum Gasteiger partial charge on any atom is -0.352 e. The van der Waals surface area contributed by atoms with Gasteiger partial charge in [-0.2, -0.15) is 0 Å². The molecule has 0 bridgehead atoms. The number of rotatable bonds is 4. The molecule has 118 valence electrons. The van der Waals surface area contributed by atoms with Gasteiger partial charge in [-0.05, 0) is 50.8 Å². The molecular weight excluding hydrogens is 266 g/mol. The fourth-order valence-electron chi connectivity index (χ4n) is 3.87. The summed E-state index contributed by atoms with van der Waals surface area (Å²) in [5, 5.41) is 0. The second-order valence-corrected chi connectivity index (χ2v) is 6.60. The largest absolute Gasteiger partial charge is 0.352 e. The Morgan fingerprint density at radius 1 is 1.19 bits per heavy atom. The Balaban J connectivity index is 1.71. The van der Waals surface area contributed by atoms with Gasteiger partial charge >= 0.3 is 0 Å². The maximum absolute atomic E-state index is 12.8. The molecule has 1 saturated heterocycles.